The summed E-state index contributed by atoms with van der Waals surface area (Å²) in [5.41, 5.74) is 0.895. The molecule has 0 amide bonds. The number of aromatic hydroxyl groups is 1. The molecule has 18 heavy (non-hydrogen) atoms. The molecule has 100 valence electrons. The van der Waals surface area contributed by atoms with Gasteiger partial charge in [0, 0.05) is 29.2 Å². The molecule has 0 bridgehead atoms. The van der Waals surface area contributed by atoms with Gasteiger partial charge in [-0.05, 0) is 37.0 Å². The number of halogens is 1. The second-order valence-electron chi connectivity index (χ2n) is 4.99. The predicted octanol–water partition coefficient (Wildman–Crippen LogP) is 2.80. The first-order chi connectivity index (χ1) is 8.70. The van der Waals surface area contributed by atoms with Gasteiger partial charge in [0.15, 0.2) is 0 Å². The number of rotatable bonds is 4. The highest BCUT2D eigenvalue weighted by molar-refractivity contribution is 9.10. The lowest BCUT2D eigenvalue weighted by Gasteiger charge is -2.31. The van der Waals surface area contributed by atoms with Gasteiger partial charge in [0.05, 0.1) is 0 Å². The van der Waals surface area contributed by atoms with Crippen LogP contribution in [0.4, 0.5) is 0 Å². The van der Waals surface area contributed by atoms with Crippen molar-refractivity contribution in [3.63, 3.8) is 0 Å². The topological polar surface area (TPSA) is 52.5 Å². The van der Waals surface area contributed by atoms with E-state index < -0.39 is 0 Å². The summed E-state index contributed by atoms with van der Waals surface area (Å²) in [6, 6.07) is 5.82. The van der Waals surface area contributed by atoms with Crippen LogP contribution in [0.15, 0.2) is 22.7 Å². The smallest absolute Gasteiger partial charge is 0.120 e. The van der Waals surface area contributed by atoms with E-state index in [1.807, 2.05) is 12.1 Å². The van der Waals surface area contributed by atoms with E-state index in [-0.39, 0.29) is 6.61 Å². The van der Waals surface area contributed by atoms with Crippen LogP contribution in [0.2, 0.25) is 0 Å². The van der Waals surface area contributed by atoms with Crippen molar-refractivity contribution in [3.8, 4) is 5.75 Å². The van der Waals surface area contributed by atoms with Gasteiger partial charge in [-0.25, -0.2) is 0 Å². The van der Waals surface area contributed by atoms with Gasteiger partial charge >= 0.3 is 0 Å². The third kappa shape index (κ3) is 3.46. The summed E-state index contributed by atoms with van der Waals surface area (Å²) in [5, 5.41) is 22.6. The number of hydrogen-bond acceptors (Lipinski definition) is 3. The molecule has 1 aliphatic carbocycles. The van der Waals surface area contributed by atoms with Crippen LogP contribution in [-0.2, 0) is 6.54 Å². The molecule has 0 aliphatic heterocycles. The SMILES string of the molecule is OCC1CCCCC1NCc1cc(Br)ccc1O. The summed E-state index contributed by atoms with van der Waals surface area (Å²) < 4.78 is 0.972. The molecule has 2 rings (SSSR count). The number of benzene rings is 1. The molecule has 1 aliphatic rings. The average molecular weight is 314 g/mol. The Hall–Kier alpha value is -0.580. The third-order valence-electron chi connectivity index (χ3n) is 3.74. The number of phenolic OH excluding ortho intramolecular Hbond substituents is 1. The third-order valence-corrected chi connectivity index (χ3v) is 4.23. The first kappa shape index (κ1) is 13.8. The maximum atomic E-state index is 9.78. The molecule has 1 fully saturated rings. The van der Waals surface area contributed by atoms with Crippen molar-refractivity contribution in [1.29, 1.82) is 0 Å². The molecule has 1 aromatic carbocycles. The Morgan fingerprint density at radius 1 is 1.28 bits per heavy atom. The number of hydrogen-bond donors (Lipinski definition) is 3. The van der Waals surface area contributed by atoms with Crippen LogP contribution in [0, 0.1) is 5.92 Å². The van der Waals surface area contributed by atoms with E-state index in [0.717, 1.165) is 22.9 Å². The summed E-state index contributed by atoms with van der Waals surface area (Å²) >= 11 is 3.41. The summed E-state index contributed by atoms with van der Waals surface area (Å²) in [7, 11) is 0. The molecule has 3 nitrogen and oxygen atoms in total. The Bertz CT molecular complexity index is 397. The number of nitrogens with one attached hydrogen (secondary N) is 1. The maximum absolute atomic E-state index is 9.78. The Morgan fingerprint density at radius 3 is 2.83 bits per heavy atom. The van der Waals surface area contributed by atoms with Crippen LogP contribution >= 0.6 is 15.9 Å². The van der Waals surface area contributed by atoms with E-state index in [1.165, 1.54) is 12.8 Å². The fraction of sp³-hybridized carbons (Fsp3) is 0.571. The van der Waals surface area contributed by atoms with Crippen LogP contribution in [0.5, 0.6) is 5.75 Å². The number of aliphatic hydroxyl groups excluding tert-OH is 1. The highest BCUT2D eigenvalue weighted by Gasteiger charge is 2.23. The molecule has 0 spiro atoms. The van der Waals surface area contributed by atoms with Crippen LogP contribution in [0.25, 0.3) is 0 Å². The van der Waals surface area contributed by atoms with E-state index in [0.29, 0.717) is 24.3 Å². The average Bonchev–Trinajstić information content (AvgIpc) is 2.40. The molecule has 2 atom stereocenters. The fourth-order valence-electron chi connectivity index (χ4n) is 2.63. The van der Waals surface area contributed by atoms with Gasteiger partial charge in [-0.15, -0.1) is 0 Å². The number of aliphatic hydroxyl groups is 1. The molecule has 2 unspecified atom stereocenters. The predicted molar refractivity (Wildman–Crippen MR) is 75.5 cm³/mol. The normalized spacial score (nSPS) is 24.1. The van der Waals surface area contributed by atoms with E-state index in [1.54, 1.807) is 6.07 Å². The maximum Gasteiger partial charge on any atom is 0.120 e. The lowest BCUT2D eigenvalue weighted by molar-refractivity contribution is 0.152. The summed E-state index contributed by atoms with van der Waals surface area (Å²) in [5.74, 6) is 0.676. The van der Waals surface area contributed by atoms with Crippen LogP contribution in [0.1, 0.15) is 31.2 Å². The molecule has 0 radical (unpaired) electrons. The second-order valence-corrected chi connectivity index (χ2v) is 5.90. The Kier molecular flexibility index (Phi) is 5.03. The zero-order valence-corrected chi connectivity index (χ0v) is 12.0. The van der Waals surface area contributed by atoms with Gasteiger partial charge in [0.25, 0.3) is 0 Å². The van der Waals surface area contributed by atoms with Crippen molar-refractivity contribution in [2.24, 2.45) is 5.92 Å². The lowest BCUT2D eigenvalue weighted by atomic mass is 9.85. The lowest BCUT2D eigenvalue weighted by Crippen LogP contribution is -2.39. The molecular weight excluding hydrogens is 294 g/mol. The molecule has 0 heterocycles. The van der Waals surface area contributed by atoms with Crippen LogP contribution in [-0.4, -0.2) is 22.9 Å². The van der Waals surface area contributed by atoms with E-state index in [2.05, 4.69) is 21.2 Å². The van der Waals surface area contributed by atoms with Gasteiger partial charge in [-0.1, -0.05) is 28.8 Å². The number of phenols is 1. The molecule has 3 N–H and O–H groups in total. The standard InChI is InChI=1S/C14H20BrNO2/c15-12-5-6-14(18)11(7-12)8-16-13-4-2-1-3-10(13)9-17/h5-7,10,13,16-18H,1-4,8-9H2. The molecule has 1 saturated carbocycles. The van der Waals surface area contributed by atoms with Gasteiger partial charge < -0.3 is 15.5 Å². The second kappa shape index (κ2) is 6.55. The van der Waals surface area contributed by atoms with Crippen LogP contribution < -0.4 is 5.32 Å². The summed E-state index contributed by atoms with van der Waals surface area (Å²) in [6.07, 6.45) is 4.64. The van der Waals surface area contributed by atoms with Gasteiger partial charge in [0.2, 0.25) is 0 Å². The molecular formula is C14H20BrNO2. The Labute approximate surface area is 116 Å². The van der Waals surface area contributed by atoms with E-state index in [9.17, 15) is 10.2 Å². The molecule has 4 heteroatoms. The molecule has 0 aromatic heterocycles. The minimum atomic E-state index is 0.252. The van der Waals surface area contributed by atoms with E-state index in [4.69, 9.17) is 0 Å². The van der Waals surface area contributed by atoms with Crippen molar-refractivity contribution in [2.75, 3.05) is 6.61 Å². The van der Waals surface area contributed by atoms with Crippen LogP contribution in [0.3, 0.4) is 0 Å². The van der Waals surface area contributed by atoms with Crippen molar-refractivity contribution in [2.45, 2.75) is 38.3 Å². The largest absolute Gasteiger partial charge is 0.508 e. The van der Waals surface area contributed by atoms with Gasteiger partial charge in [-0.3, -0.25) is 0 Å². The molecule has 1 aromatic rings. The van der Waals surface area contributed by atoms with Crippen molar-refractivity contribution in [1.82, 2.24) is 5.32 Å². The molecule has 0 saturated heterocycles. The first-order valence-electron chi connectivity index (χ1n) is 6.52. The van der Waals surface area contributed by atoms with E-state index >= 15 is 0 Å². The summed E-state index contributed by atoms with van der Waals surface area (Å²) in [4.78, 5) is 0. The van der Waals surface area contributed by atoms with Crippen molar-refractivity contribution >= 4 is 15.9 Å². The monoisotopic (exact) mass is 313 g/mol. The Morgan fingerprint density at radius 2 is 2.06 bits per heavy atom. The zero-order valence-electron chi connectivity index (χ0n) is 10.4. The van der Waals surface area contributed by atoms with Crippen molar-refractivity contribution in [3.05, 3.63) is 28.2 Å². The quantitative estimate of drug-likeness (QED) is 0.801. The minimum absolute atomic E-state index is 0.252. The highest BCUT2D eigenvalue weighted by Crippen LogP contribution is 2.26. The summed E-state index contributed by atoms with van der Waals surface area (Å²) in [6.45, 7) is 0.897. The fourth-order valence-corrected chi connectivity index (χ4v) is 3.04. The Balaban J connectivity index is 1.95. The first-order valence-corrected chi connectivity index (χ1v) is 7.31. The minimum Gasteiger partial charge on any atom is -0.508 e. The van der Waals surface area contributed by atoms with Gasteiger partial charge in [-0.2, -0.15) is 0 Å². The van der Waals surface area contributed by atoms with Crippen molar-refractivity contribution < 1.29 is 10.2 Å². The highest BCUT2D eigenvalue weighted by atomic mass is 79.9. The zero-order chi connectivity index (χ0) is 13.0. The van der Waals surface area contributed by atoms with Gasteiger partial charge in [0.1, 0.15) is 5.75 Å².